The van der Waals surface area contributed by atoms with Crippen molar-refractivity contribution in [1.29, 1.82) is 0 Å². The van der Waals surface area contributed by atoms with Crippen molar-refractivity contribution in [1.82, 2.24) is 10.2 Å². The van der Waals surface area contributed by atoms with Crippen LogP contribution in [0.2, 0.25) is 0 Å². The van der Waals surface area contributed by atoms with E-state index in [1.807, 2.05) is 24.3 Å². The highest BCUT2D eigenvalue weighted by molar-refractivity contribution is 5.37. The lowest BCUT2D eigenvalue weighted by atomic mass is 10.0. The minimum atomic E-state index is -0.320. The van der Waals surface area contributed by atoms with Gasteiger partial charge in [-0.3, -0.25) is 4.90 Å². The predicted molar refractivity (Wildman–Crippen MR) is 92.0 cm³/mol. The SMILES string of the molecule is COc1ccc(CN2CCNCC2c2ccccc2OC)cc1F. The van der Waals surface area contributed by atoms with E-state index in [1.54, 1.807) is 19.2 Å². The molecular formula is C19H23FN2O2. The number of benzene rings is 2. The molecule has 1 aliphatic heterocycles. The van der Waals surface area contributed by atoms with Crippen LogP contribution < -0.4 is 14.8 Å². The van der Waals surface area contributed by atoms with E-state index >= 15 is 0 Å². The van der Waals surface area contributed by atoms with Gasteiger partial charge in [-0.1, -0.05) is 24.3 Å². The van der Waals surface area contributed by atoms with Crippen LogP contribution in [-0.4, -0.2) is 38.8 Å². The molecule has 24 heavy (non-hydrogen) atoms. The third kappa shape index (κ3) is 3.52. The van der Waals surface area contributed by atoms with E-state index in [9.17, 15) is 4.39 Å². The van der Waals surface area contributed by atoms with Crippen LogP contribution in [0.4, 0.5) is 4.39 Å². The minimum absolute atomic E-state index is 0.195. The molecule has 2 aromatic carbocycles. The Labute approximate surface area is 142 Å². The Bertz CT molecular complexity index is 693. The standard InChI is InChI=1S/C19H23FN2O2/c1-23-18-6-4-3-5-15(18)17-12-21-9-10-22(17)13-14-7-8-19(24-2)16(20)11-14/h3-8,11,17,21H,9-10,12-13H2,1-2H3. The first-order valence-corrected chi connectivity index (χ1v) is 8.13. The first-order chi connectivity index (χ1) is 11.7. The van der Waals surface area contributed by atoms with Gasteiger partial charge in [0.15, 0.2) is 11.6 Å². The van der Waals surface area contributed by atoms with Crippen molar-refractivity contribution in [3.05, 3.63) is 59.4 Å². The molecule has 0 spiro atoms. The smallest absolute Gasteiger partial charge is 0.165 e. The zero-order chi connectivity index (χ0) is 16.9. The van der Waals surface area contributed by atoms with Crippen molar-refractivity contribution in [3.8, 4) is 11.5 Å². The highest BCUT2D eigenvalue weighted by Crippen LogP contribution is 2.31. The quantitative estimate of drug-likeness (QED) is 0.914. The van der Waals surface area contributed by atoms with Crippen LogP contribution in [0.3, 0.4) is 0 Å². The summed E-state index contributed by atoms with van der Waals surface area (Å²) in [6.07, 6.45) is 0. The minimum Gasteiger partial charge on any atom is -0.496 e. The van der Waals surface area contributed by atoms with Crippen molar-refractivity contribution in [2.75, 3.05) is 33.9 Å². The summed E-state index contributed by atoms with van der Waals surface area (Å²) in [6, 6.07) is 13.4. The monoisotopic (exact) mass is 330 g/mol. The Morgan fingerprint density at radius 1 is 1.12 bits per heavy atom. The molecule has 1 fully saturated rings. The van der Waals surface area contributed by atoms with E-state index in [0.717, 1.165) is 36.5 Å². The summed E-state index contributed by atoms with van der Waals surface area (Å²) < 4.78 is 24.5. The fourth-order valence-electron chi connectivity index (χ4n) is 3.23. The Balaban J connectivity index is 1.83. The maximum absolute atomic E-state index is 14.0. The van der Waals surface area contributed by atoms with Crippen LogP contribution in [0.5, 0.6) is 11.5 Å². The average Bonchev–Trinajstić information content (AvgIpc) is 2.62. The fourth-order valence-corrected chi connectivity index (χ4v) is 3.23. The van der Waals surface area contributed by atoms with Crippen LogP contribution in [-0.2, 0) is 6.54 Å². The Morgan fingerprint density at radius 2 is 1.92 bits per heavy atom. The highest BCUT2D eigenvalue weighted by atomic mass is 19.1. The van der Waals surface area contributed by atoms with Gasteiger partial charge in [-0.25, -0.2) is 4.39 Å². The summed E-state index contributed by atoms with van der Waals surface area (Å²) in [5.41, 5.74) is 2.09. The normalized spacial score (nSPS) is 18.4. The average molecular weight is 330 g/mol. The lowest BCUT2D eigenvalue weighted by Crippen LogP contribution is -2.45. The van der Waals surface area contributed by atoms with Gasteiger partial charge in [0, 0.05) is 31.7 Å². The molecule has 1 saturated heterocycles. The largest absolute Gasteiger partial charge is 0.496 e. The maximum atomic E-state index is 14.0. The first-order valence-electron chi connectivity index (χ1n) is 8.13. The van der Waals surface area contributed by atoms with Crippen LogP contribution in [0.1, 0.15) is 17.2 Å². The van der Waals surface area contributed by atoms with Crippen molar-refractivity contribution in [2.24, 2.45) is 0 Å². The third-order valence-corrected chi connectivity index (χ3v) is 4.45. The van der Waals surface area contributed by atoms with Crippen LogP contribution in [0, 0.1) is 5.82 Å². The molecule has 2 aromatic rings. The van der Waals surface area contributed by atoms with Gasteiger partial charge in [0.1, 0.15) is 5.75 Å². The molecule has 4 nitrogen and oxygen atoms in total. The van der Waals surface area contributed by atoms with E-state index in [1.165, 1.54) is 7.11 Å². The second-order valence-electron chi connectivity index (χ2n) is 5.90. The molecule has 1 N–H and O–H groups in total. The van der Waals surface area contributed by atoms with Gasteiger partial charge >= 0.3 is 0 Å². The van der Waals surface area contributed by atoms with Crippen molar-refractivity contribution < 1.29 is 13.9 Å². The van der Waals surface area contributed by atoms with Crippen molar-refractivity contribution in [3.63, 3.8) is 0 Å². The van der Waals surface area contributed by atoms with Gasteiger partial charge < -0.3 is 14.8 Å². The number of ether oxygens (including phenoxy) is 2. The molecule has 0 aromatic heterocycles. The van der Waals surface area contributed by atoms with Gasteiger partial charge in [-0.2, -0.15) is 0 Å². The lowest BCUT2D eigenvalue weighted by Gasteiger charge is -2.37. The van der Waals surface area contributed by atoms with Crippen LogP contribution in [0.15, 0.2) is 42.5 Å². The molecule has 1 heterocycles. The summed E-state index contributed by atoms with van der Waals surface area (Å²) >= 11 is 0. The number of hydrogen-bond donors (Lipinski definition) is 1. The number of rotatable bonds is 5. The van der Waals surface area contributed by atoms with E-state index in [4.69, 9.17) is 9.47 Å². The summed E-state index contributed by atoms with van der Waals surface area (Å²) in [5, 5.41) is 3.44. The van der Waals surface area contributed by atoms with E-state index in [-0.39, 0.29) is 17.6 Å². The number of piperazine rings is 1. The van der Waals surface area contributed by atoms with E-state index in [0.29, 0.717) is 6.54 Å². The van der Waals surface area contributed by atoms with E-state index < -0.39 is 0 Å². The number of halogens is 1. The summed E-state index contributed by atoms with van der Waals surface area (Å²) in [4.78, 5) is 2.36. The summed E-state index contributed by atoms with van der Waals surface area (Å²) in [6.45, 7) is 3.35. The molecule has 128 valence electrons. The summed E-state index contributed by atoms with van der Waals surface area (Å²) in [5.74, 6) is 0.844. The predicted octanol–water partition coefficient (Wildman–Crippen LogP) is 2.99. The van der Waals surface area contributed by atoms with Crippen LogP contribution >= 0.6 is 0 Å². The van der Waals surface area contributed by atoms with Gasteiger partial charge in [-0.05, 0) is 23.8 Å². The zero-order valence-electron chi connectivity index (χ0n) is 14.1. The topological polar surface area (TPSA) is 33.7 Å². The molecular weight excluding hydrogens is 307 g/mol. The van der Waals surface area contributed by atoms with Gasteiger partial charge in [0.25, 0.3) is 0 Å². The first kappa shape index (κ1) is 16.7. The molecule has 5 heteroatoms. The number of nitrogens with one attached hydrogen (secondary N) is 1. The van der Waals surface area contributed by atoms with Crippen LogP contribution in [0.25, 0.3) is 0 Å². The molecule has 1 atom stereocenters. The molecule has 0 bridgehead atoms. The second kappa shape index (κ2) is 7.64. The van der Waals surface area contributed by atoms with Gasteiger partial charge in [0.2, 0.25) is 0 Å². The number of hydrogen-bond acceptors (Lipinski definition) is 4. The van der Waals surface area contributed by atoms with E-state index in [2.05, 4.69) is 16.3 Å². The Morgan fingerprint density at radius 3 is 2.67 bits per heavy atom. The summed E-state index contributed by atoms with van der Waals surface area (Å²) in [7, 11) is 3.17. The number of para-hydroxylation sites is 1. The molecule has 1 unspecified atom stereocenters. The Hall–Kier alpha value is -2.11. The molecule has 1 aliphatic rings. The van der Waals surface area contributed by atoms with Gasteiger partial charge in [0.05, 0.1) is 20.3 Å². The lowest BCUT2D eigenvalue weighted by molar-refractivity contribution is 0.151. The zero-order valence-corrected chi connectivity index (χ0v) is 14.1. The number of nitrogens with zero attached hydrogens (tertiary/aromatic N) is 1. The molecule has 0 radical (unpaired) electrons. The maximum Gasteiger partial charge on any atom is 0.165 e. The molecule has 0 saturated carbocycles. The molecule has 0 aliphatic carbocycles. The second-order valence-corrected chi connectivity index (χ2v) is 5.90. The highest BCUT2D eigenvalue weighted by Gasteiger charge is 2.26. The third-order valence-electron chi connectivity index (χ3n) is 4.45. The molecule has 3 rings (SSSR count). The van der Waals surface area contributed by atoms with Crippen molar-refractivity contribution in [2.45, 2.75) is 12.6 Å². The fraction of sp³-hybridized carbons (Fsp3) is 0.368. The Kier molecular flexibility index (Phi) is 5.33. The number of methoxy groups -OCH3 is 2. The van der Waals surface area contributed by atoms with Crippen molar-refractivity contribution >= 4 is 0 Å². The van der Waals surface area contributed by atoms with Gasteiger partial charge in [-0.15, -0.1) is 0 Å². The molecule has 0 amide bonds.